The van der Waals surface area contributed by atoms with Crippen molar-refractivity contribution >= 4 is 28.9 Å². The molecule has 0 saturated heterocycles. The molecule has 1 aromatic heterocycles. The molecule has 0 radical (unpaired) electrons. The summed E-state index contributed by atoms with van der Waals surface area (Å²) < 4.78 is 0. The zero-order valence-electron chi connectivity index (χ0n) is 11.7. The molecule has 106 valence electrons. The third kappa shape index (κ3) is 3.87. The molecule has 1 atom stereocenters. The second-order valence-corrected chi connectivity index (χ2v) is 5.63. The average Bonchev–Trinajstić information content (AvgIpc) is 2.42. The molecule has 1 aromatic carbocycles. The highest BCUT2D eigenvalue weighted by atomic mass is 35.5. The van der Waals surface area contributed by atoms with Crippen LogP contribution in [0.3, 0.4) is 0 Å². The highest BCUT2D eigenvalue weighted by Crippen LogP contribution is 2.27. The summed E-state index contributed by atoms with van der Waals surface area (Å²) in [7, 11) is 0. The number of nitrogens with one attached hydrogen (secondary N) is 1. The van der Waals surface area contributed by atoms with Gasteiger partial charge in [0, 0.05) is 5.02 Å². The third-order valence-electron chi connectivity index (χ3n) is 3.23. The molecule has 1 heterocycles. The summed E-state index contributed by atoms with van der Waals surface area (Å²) in [5.74, 6) is 0. The van der Waals surface area contributed by atoms with Gasteiger partial charge in [-0.1, -0.05) is 48.7 Å². The molecule has 0 spiro atoms. The second kappa shape index (κ2) is 6.96. The molecule has 0 aliphatic rings. The molecule has 0 aliphatic carbocycles. The maximum Gasteiger partial charge on any atom is 0.129 e. The van der Waals surface area contributed by atoms with E-state index in [9.17, 15) is 0 Å². The van der Waals surface area contributed by atoms with Gasteiger partial charge in [-0.2, -0.15) is 0 Å². The molecule has 4 heteroatoms. The number of aryl methyl sites for hydroxylation is 1. The van der Waals surface area contributed by atoms with Gasteiger partial charge >= 0.3 is 0 Å². The first kappa shape index (κ1) is 15.1. The fourth-order valence-corrected chi connectivity index (χ4v) is 2.49. The van der Waals surface area contributed by atoms with Crippen LogP contribution in [0, 0.1) is 6.92 Å². The fourth-order valence-electron chi connectivity index (χ4n) is 2.18. The summed E-state index contributed by atoms with van der Waals surface area (Å²) in [4.78, 5) is 4.28. The molecule has 0 aliphatic heterocycles. The summed E-state index contributed by atoms with van der Waals surface area (Å²) in [6.07, 6.45) is 2.14. The first-order valence-electron chi connectivity index (χ1n) is 6.75. The van der Waals surface area contributed by atoms with Crippen LogP contribution in [0.5, 0.6) is 0 Å². The van der Waals surface area contributed by atoms with E-state index < -0.39 is 0 Å². The van der Waals surface area contributed by atoms with Gasteiger partial charge in [-0.15, -0.1) is 0 Å². The minimum Gasteiger partial charge on any atom is -0.377 e. The Morgan fingerprint density at radius 1 is 1.10 bits per heavy atom. The van der Waals surface area contributed by atoms with Crippen molar-refractivity contribution in [2.45, 2.75) is 32.7 Å². The van der Waals surface area contributed by atoms with Gasteiger partial charge in [0.1, 0.15) is 5.15 Å². The lowest BCUT2D eigenvalue weighted by Gasteiger charge is -2.21. The maximum atomic E-state index is 5.95. The number of hydrogen-bond acceptors (Lipinski definition) is 2. The number of benzene rings is 1. The van der Waals surface area contributed by atoms with E-state index in [2.05, 4.69) is 29.4 Å². The van der Waals surface area contributed by atoms with Gasteiger partial charge in [0.15, 0.2) is 0 Å². The first-order valence-corrected chi connectivity index (χ1v) is 7.51. The fraction of sp³-hybridized carbons (Fsp3) is 0.312. The van der Waals surface area contributed by atoms with Crippen LogP contribution in [0.4, 0.5) is 5.69 Å². The second-order valence-electron chi connectivity index (χ2n) is 4.80. The van der Waals surface area contributed by atoms with E-state index in [4.69, 9.17) is 23.2 Å². The minimum atomic E-state index is 0.249. The smallest absolute Gasteiger partial charge is 0.129 e. The largest absolute Gasteiger partial charge is 0.377 e. The van der Waals surface area contributed by atoms with E-state index in [0.29, 0.717) is 5.15 Å². The molecule has 1 unspecified atom stereocenters. The van der Waals surface area contributed by atoms with E-state index >= 15 is 0 Å². The molecule has 0 amide bonds. The van der Waals surface area contributed by atoms with Gasteiger partial charge in [-0.25, -0.2) is 4.98 Å². The molecular formula is C16H18Cl2N2. The molecule has 0 bridgehead atoms. The number of pyridine rings is 1. The molecule has 0 saturated carbocycles. The van der Waals surface area contributed by atoms with Gasteiger partial charge in [-0.05, 0) is 43.2 Å². The number of hydrogen-bond donors (Lipinski definition) is 1. The molecule has 2 aromatic rings. The van der Waals surface area contributed by atoms with Crippen LogP contribution in [0.25, 0.3) is 0 Å². The van der Waals surface area contributed by atoms with Crippen molar-refractivity contribution in [2.24, 2.45) is 0 Å². The van der Waals surface area contributed by atoms with Crippen molar-refractivity contribution in [1.29, 1.82) is 0 Å². The monoisotopic (exact) mass is 308 g/mol. The summed E-state index contributed by atoms with van der Waals surface area (Å²) in [6, 6.07) is 12.0. The summed E-state index contributed by atoms with van der Waals surface area (Å²) >= 11 is 11.8. The highest BCUT2D eigenvalue weighted by molar-refractivity contribution is 6.30. The molecule has 1 N–H and O–H groups in total. The predicted octanol–water partition coefficient (Wildman–Crippen LogP) is 5.65. The predicted molar refractivity (Wildman–Crippen MR) is 86.7 cm³/mol. The lowest BCUT2D eigenvalue weighted by Crippen LogP contribution is -2.11. The Hall–Kier alpha value is -1.25. The van der Waals surface area contributed by atoms with E-state index in [1.165, 1.54) is 5.56 Å². The molecular weight excluding hydrogens is 291 g/mol. The SMILES string of the molecule is CCCC(Nc1ccc(Cl)nc1C)c1ccc(Cl)cc1. The van der Waals surface area contributed by atoms with Crippen molar-refractivity contribution in [3.8, 4) is 0 Å². The summed E-state index contributed by atoms with van der Waals surface area (Å²) in [6.45, 7) is 4.14. The quantitative estimate of drug-likeness (QED) is 0.722. The van der Waals surface area contributed by atoms with Crippen LogP contribution >= 0.6 is 23.2 Å². The van der Waals surface area contributed by atoms with Crippen molar-refractivity contribution in [3.05, 3.63) is 57.8 Å². The first-order chi connectivity index (χ1) is 9.60. The Bertz CT molecular complexity index is 567. The van der Waals surface area contributed by atoms with E-state index in [-0.39, 0.29) is 6.04 Å². The van der Waals surface area contributed by atoms with Crippen LogP contribution in [0.2, 0.25) is 10.2 Å². The van der Waals surface area contributed by atoms with E-state index in [0.717, 1.165) is 29.2 Å². The molecule has 20 heavy (non-hydrogen) atoms. The molecule has 2 rings (SSSR count). The molecule has 0 fully saturated rings. The van der Waals surface area contributed by atoms with Crippen LogP contribution in [0.1, 0.15) is 37.1 Å². The van der Waals surface area contributed by atoms with Crippen molar-refractivity contribution in [1.82, 2.24) is 4.98 Å². The topological polar surface area (TPSA) is 24.9 Å². The van der Waals surface area contributed by atoms with Crippen LogP contribution in [0.15, 0.2) is 36.4 Å². The van der Waals surface area contributed by atoms with Gasteiger partial charge in [-0.3, -0.25) is 0 Å². The Labute approximate surface area is 130 Å². The average molecular weight is 309 g/mol. The number of halogens is 2. The Kier molecular flexibility index (Phi) is 5.27. The van der Waals surface area contributed by atoms with Crippen molar-refractivity contribution in [2.75, 3.05) is 5.32 Å². The highest BCUT2D eigenvalue weighted by Gasteiger charge is 2.12. The lowest BCUT2D eigenvalue weighted by atomic mass is 10.0. The van der Waals surface area contributed by atoms with Gasteiger partial charge in [0.05, 0.1) is 17.4 Å². The summed E-state index contributed by atoms with van der Waals surface area (Å²) in [5, 5.41) is 4.82. The standard InChI is InChI=1S/C16H18Cl2N2/c1-3-4-15(12-5-7-13(17)8-6-12)20-14-9-10-16(18)19-11(14)2/h5-10,15,20H,3-4H2,1-2H3. The maximum absolute atomic E-state index is 5.95. The number of rotatable bonds is 5. The van der Waals surface area contributed by atoms with Gasteiger partial charge in [0.2, 0.25) is 0 Å². The Morgan fingerprint density at radius 2 is 1.80 bits per heavy atom. The van der Waals surface area contributed by atoms with Crippen molar-refractivity contribution in [3.63, 3.8) is 0 Å². The molecule has 2 nitrogen and oxygen atoms in total. The Balaban J connectivity index is 2.22. The minimum absolute atomic E-state index is 0.249. The van der Waals surface area contributed by atoms with Crippen LogP contribution in [-0.4, -0.2) is 4.98 Å². The van der Waals surface area contributed by atoms with Crippen LogP contribution < -0.4 is 5.32 Å². The zero-order valence-corrected chi connectivity index (χ0v) is 13.2. The third-order valence-corrected chi connectivity index (χ3v) is 3.69. The van der Waals surface area contributed by atoms with Gasteiger partial charge < -0.3 is 5.32 Å². The lowest BCUT2D eigenvalue weighted by molar-refractivity contribution is 0.676. The van der Waals surface area contributed by atoms with Gasteiger partial charge in [0.25, 0.3) is 0 Å². The number of nitrogens with zero attached hydrogens (tertiary/aromatic N) is 1. The van der Waals surface area contributed by atoms with E-state index in [1.54, 1.807) is 0 Å². The van der Waals surface area contributed by atoms with Crippen LogP contribution in [-0.2, 0) is 0 Å². The van der Waals surface area contributed by atoms with E-state index in [1.807, 2.05) is 31.2 Å². The van der Waals surface area contributed by atoms with Crippen molar-refractivity contribution < 1.29 is 0 Å². The zero-order chi connectivity index (χ0) is 14.5. The Morgan fingerprint density at radius 3 is 2.40 bits per heavy atom. The summed E-state index contributed by atoms with van der Waals surface area (Å²) in [5.41, 5.74) is 3.15. The normalized spacial score (nSPS) is 12.2. The number of anilines is 1. The number of aromatic nitrogens is 1.